The molecule has 0 aliphatic carbocycles. The number of aliphatic hydroxyl groups excluding tert-OH is 1. The predicted molar refractivity (Wildman–Crippen MR) is 78.4 cm³/mol. The van der Waals surface area contributed by atoms with E-state index in [9.17, 15) is 9.90 Å². The van der Waals surface area contributed by atoms with Gasteiger partial charge in [0.25, 0.3) is 0 Å². The van der Waals surface area contributed by atoms with Crippen LogP contribution in [0.4, 0.5) is 5.69 Å². The van der Waals surface area contributed by atoms with E-state index >= 15 is 0 Å². The molecule has 2 bridgehead atoms. The standard InChI is InChI=1S/C16H22N2O2/c19-15-10-13-6-7-14(11-15)18(13)9-8-16(20)17-12-4-2-1-3-5-12/h1-5,13-15,19H,6-11H2,(H,17,20). The van der Waals surface area contributed by atoms with E-state index in [-0.39, 0.29) is 12.0 Å². The first-order valence-electron chi connectivity index (χ1n) is 7.51. The minimum absolute atomic E-state index is 0.0710. The van der Waals surface area contributed by atoms with Gasteiger partial charge in [0.15, 0.2) is 0 Å². The molecular weight excluding hydrogens is 252 g/mol. The fourth-order valence-electron chi connectivity index (χ4n) is 3.59. The Kier molecular flexibility index (Phi) is 4.03. The van der Waals surface area contributed by atoms with Crippen molar-refractivity contribution in [2.75, 3.05) is 11.9 Å². The second-order valence-corrected chi connectivity index (χ2v) is 5.91. The van der Waals surface area contributed by atoms with Crippen molar-refractivity contribution in [3.05, 3.63) is 30.3 Å². The zero-order valence-electron chi connectivity index (χ0n) is 11.7. The van der Waals surface area contributed by atoms with Crippen LogP contribution in [0.2, 0.25) is 0 Å². The van der Waals surface area contributed by atoms with Crippen LogP contribution in [0.3, 0.4) is 0 Å². The maximum absolute atomic E-state index is 12.0. The first kappa shape index (κ1) is 13.6. The third kappa shape index (κ3) is 3.02. The first-order valence-corrected chi connectivity index (χ1v) is 7.51. The molecule has 108 valence electrons. The highest BCUT2D eigenvalue weighted by Crippen LogP contribution is 2.35. The highest BCUT2D eigenvalue weighted by Gasteiger charge is 2.39. The van der Waals surface area contributed by atoms with Crippen molar-refractivity contribution in [3.63, 3.8) is 0 Å². The summed E-state index contributed by atoms with van der Waals surface area (Å²) in [5.74, 6) is 0.0710. The molecule has 0 radical (unpaired) electrons. The Labute approximate surface area is 119 Å². The van der Waals surface area contributed by atoms with E-state index in [2.05, 4.69) is 10.2 Å². The van der Waals surface area contributed by atoms with E-state index in [0.29, 0.717) is 18.5 Å². The largest absolute Gasteiger partial charge is 0.393 e. The second kappa shape index (κ2) is 5.94. The van der Waals surface area contributed by atoms with Crippen LogP contribution < -0.4 is 5.32 Å². The summed E-state index contributed by atoms with van der Waals surface area (Å²) in [6, 6.07) is 10.5. The minimum atomic E-state index is -0.137. The van der Waals surface area contributed by atoms with Crippen LogP contribution in [-0.4, -0.2) is 40.6 Å². The minimum Gasteiger partial charge on any atom is -0.393 e. The molecule has 1 aromatic rings. The fraction of sp³-hybridized carbons (Fsp3) is 0.562. The van der Waals surface area contributed by atoms with Crippen LogP contribution >= 0.6 is 0 Å². The van der Waals surface area contributed by atoms with Gasteiger partial charge in [0.05, 0.1) is 6.10 Å². The van der Waals surface area contributed by atoms with E-state index in [0.717, 1.165) is 25.1 Å². The number of piperidine rings is 1. The van der Waals surface area contributed by atoms with Crippen molar-refractivity contribution in [3.8, 4) is 0 Å². The lowest BCUT2D eigenvalue weighted by atomic mass is 10.00. The Morgan fingerprint density at radius 1 is 1.20 bits per heavy atom. The van der Waals surface area contributed by atoms with Crippen LogP contribution in [0.25, 0.3) is 0 Å². The molecule has 2 N–H and O–H groups in total. The molecule has 1 aromatic carbocycles. The van der Waals surface area contributed by atoms with E-state index < -0.39 is 0 Å². The van der Waals surface area contributed by atoms with Gasteiger partial charge in [-0.25, -0.2) is 0 Å². The smallest absolute Gasteiger partial charge is 0.225 e. The van der Waals surface area contributed by atoms with Gasteiger partial charge in [0, 0.05) is 30.7 Å². The zero-order valence-corrected chi connectivity index (χ0v) is 11.7. The Bertz CT molecular complexity index is 449. The molecule has 2 saturated heterocycles. The van der Waals surface area contributed by atoms with Crippen LogP contribution in [0.1, 0.15) is 32.1 Å². The summed E-state index contributed by atoms with van der Waals surface area (Å²) in [7, 11) is 0. The summed E-state index contributed by atoms with van der Waals surface area (Å²) in [5, 5.41) is 12.7. The Morgan fingerprint density at radius 2 is 1.85 bits per heavy atom. The second-order valence-electron chi connectivity index (χ2n) is 5.91. The molecule has 1 amide bonds. The van der Waals surface area contributed by atoms with Crippen LogP contribution in [0, 0.1) is 0 Å². The number of carbonyl (C=O) groups is 1. The summed E-state index contributed by atoms with van der Waals surface area (Å²) < 4.78 is 0. The summed E-state index contributed by atoms with van der Waals surface area (Å²) >= 11 is 0. The molecule has 0 saturated carbocycles. The number of aliphatic hydroxyl groups is 1. The summed E-state index contributed by atoms with van der Waals surface area (Å²) in [6.45, 7) is 0.806. The SMILES string of the molecule is O=C(CCN1C2CCC1CC(O)C2)Nc1ccccc1. The molecule has 0 spiro atoms. The lowest BCUT2D eigenvalue weighted by Gasteiger charge is -2.36. The highest BCUT2D eigenvalue weighted by atomic mass is 16.3. The Balaban J connectivity index is 1.49. The molecular formula is C16H22N2O2. The molecule has 3 rings (SSSR count). The van der Waals surface area contributed by atoms with Gasteiger partial charge in [-0.3, -0.25) is 9.69 Å². The third-order valence-electron chi connectivity index (χ3n) is 4.51. The highest BCUT2D eigenvalue weighted by molar-refractivity contribution is 5.90. The molecule has 4 nitrogen and oxygen atoms in total. The van der Waals surface area contributed by atoms with E-state index in [1.54, 1.807) is 0 Å². The molecule has 2 aliphatic rings. The van der Waals surface area contributed by atoms with Crippen molar-refractivity contribution in [2.24, 2.45) is 0 Å². The van der Waals surface area contributed by atoms with Crippen molar-refractivity contribution < 1.29 is 9.90 Å². The number of rotatable bonds is 4. The fourth-order valence-corrected chi connectivity index (χ4v) is 3.59. The average Bonchev–Trinajstić information content (AvgIpc) is 2.68. The molecule has 20 heavy (non-hydrogen) atoms. The number of anilines is 1. The monoisotopic (exact) mass is 274 g/mol. The normalized spacial score (nSPS) is 29.4. The van der Waals surface area contributed by atoms with E-state index in [4.69, 9.17) is 0 Å². The quantitative estimate of drug-likeness (QED) is 0.883. The topological polar surface area (TPSA) is 52.6 Å². The Hall–Kier alpha value is -1.39. The summed E-state index contributed by atoms with van der Waals surface area (Å²) in [6.07, 6.45) is 4.47. The Morgan fingerprint density at radius 3 is 2.50 bits per heavy atom. The van der Waals surface area contributed by atoms with Gasteiger partial charge in [0.1, 0.15) is 0 Å². The van der Waals surface area contributed by atoms with Gasteiger partial charge in [-0.2, -0.15) is 0 Å². The van der Waals surface area contributed by atoms with Crippen LogP contribution in [0.5, 0.6) is 0 Å². The lowest BCUT2D eigenvalue weighted by Crippen LogP contribution is -2.45. The van der Waals surface area contributed by atoms with Gasteiger partial charge in [0.2, 0.25) is 5.91 Å². The predicted octanol–water partition coefficient (Wildman–Crippen LogP) is 2.00. The van der Waals surface area contributed by atoms with Gasteiger partial charge in [-0.15, -0.1) is 0 Å². The molecule has 2 unspecified atom stereocenters. The van der Waals surface area contributed by atoms with Crippen LogP contribution in [-0.2, 0) is 4.79 Å². The lowest BCUT2D eigenvalue weighted by molar-refractivity contribution is -0.116. The zero-order chi connectivity index (χ0) is 13.9. The molecule has 2 fully saturated rings. The van der Waals surface area contributed by atoms with Crippen LogP contribution in [0.15, 0.2) is 30.3 Å². The molecule has 2 heterocycles. The van der Waals surface area contributed by atoms with Gasteiger partial charge >= 0.3 is 0 Å². The molecule has 2 atom stereocenters. The number of nitrogens with zero attached hydrogens (tertiary/aromatic N) is 1. The maximum Gasteiger partial charge on any atom is 0.225 e. The van der Waals surface area contributed by atoms with Crippen molar-refractivity contribution in [2.45, 2.75) is 50.3 Å². The van der Waals surface area contributed by atoms with Gasteiger partial charge in [-0.05, 0) is 37.8 Å². The third-order valence-corrected chi connectivity index (χ3v) is 4.51. The molecule has 0 aromatic heterocycles. The van der Waals surface area contributed by atoms with Crippen molar-refractivity contribution in [1.82, 2.24) is 4.90 Å². The number of nitrogens with one attached hydrogen (secondary N) is 1. The number of carbonyl (C=O) groups excluding carboxylic acids is 1. The number of fused-ring (bicyclic) bond motifs is 2. The summed E-state index contributed by atoms with van der Waals surface area (Å²) in [4.78, 5) is 14.4. The van der Waals surface area contributed by atoms with E-state index in [1.165, 1.54) is 12.8 Å². The molecule has 4 heteroatoms. The number of amides is 1. The first-order chi connectivity index (χ1) is 9.72. The van der Waals surface area contributed by atoms with Crippen molar-refractivity contribution in [1.29, 1.82) is 0 Å². The molecule has 2 aliphatic heterocycles. The van der Waals surface area contributed by atoms with E-state index in [1.807, 2.05) is 30.3 Å². The summed E-state index contributed by atoms with van der Waals surface area (Å²) in [5.41, 5.74) is 0.856. The van der Waals surface area contributed by atoms with Crippen molar-refractivity contribution >= 4 is 11.6 Å². The van der Waals surface area contributed by atoms with Gasteiger partial charge < -0.3 is 10.4 Å². The number of hydrogen-bond donors (Lipinski definition) is 2. The van der Waals surface area contributed by atoms with Gasteiger partial charge in [-0.1, -0.05) is 18.2 Å². The number of hydrogen-bond acceptors (Lipinski definition) is 3. The number of para-hydroxylation sites is 1. The average molecular weight is 274 g/mol. The maximum atomic E-state index is 12.0. The number of benzene rings is 1.